The molecule has 0 aliphatic carbocycles. The van der Waals surface area contributed by atoms with E-state index in [-0.39, 0.29) is 0 Å². The Morgan fingerprint density at radius 3 is 2.10 bits per heavy atom. The molecule has 0 spiro atoms. The highest BCUT2D eigenvalue weighted by molar-refractivity contribution is 5.70. The molecule has 0 rings (SSSR count). The maximum atomic E-state index is 10.1. The minimum atomic E-state index is -1.14. The van der Waals surface area contributed by atoms with Gasteiger partial charge in [0.05, 0.1) is 0 Å². The van der Waals surface area contributed by atoms with Crippen molar-refractivity contribution in [3.63, 3.8) is 0 Å². The second kappa shape index (κ2) is 3.14. The van der Waals surface area contributed by atoms with Crippen molar-refractivity contribution >= 4 is 5.97 Å². The van der Waals surface area contributed by atoms with Gasteiger partial charge in [0.25, 0.3) is 0 Å². The normalized spacial score (nSPS) is 15.8. The summed E-state index contributed by atoms with van der Waals surface area (Å²) >= 11 is 0. The van der Waals surface area contributed by atoms with Crippen LogP contribution in [0.4, 0.5) is 0 Å². The van der Waals surface area contributed by atoms with Gasteiger partial charge in [-0.1, -0.05) is 0 Å². The molecule has 5 heteroatoms. The Morgan fingerprint density at radius 2 is 2.00 bits per heavy atom. The molecule has 0 amide bonds. The smallest absolute Gasteiger partial charge is 0.313 e. The van der Waals surface area contributed by atoms with Gasteiger partial charge in [0.1, 0.15) is 5.92 Å². The quantitative estimate of drug-likeness (QED) is 0.462. The third kappa shape index (κ3) is 2.00. The van der Waals surface area contributed by atoms with Crippen LogP contribution in [-0.4, -0.2) is 22.0 Å². The molecule has 58 valence electrons. The number of rotatable bonds is 3. The van der Waals surface area contributed by atoms with E-state index in [1.165, 1.54) is 13.8 Å². The fraction of sp³-hybridized carbons (Fsp3) is 0.800. The van der Waals surface area contributed by atoms with Crippen LogP contribution in [0.2, 0.25) is 0 Å². The van der Waals surface area contributed by atoms with Crippen LogP contribution in [0, 0.1) is 16.0 Å². The first-order valence-electron chi connectivity index (χ1n) is 2.83. The van der Waals surface area contributed by atoms with Crippen LogP contribution in [0.3, 0.4) is 0 Å². The highest BCUT2D eigenvalue weighted by Gasteiger charge is 2.27. The molecule has 0 aromatic rings. The van der Waals surface area contributed by atoms with E-state index in [1.807, 2.05) is 0 Å². The van der Waals surface area contributed by atoms with Gasteiger partial charge in [-0.15, -0.1) is 0 Å². The summed E-state index contributed by atoms with van der Waals surface area (Å²) in [5.74, 6) is -2.06. The molecule has 5 nitrogen and oxygen atoms in total. The van der Waals surface area contributed by atoms with Gasteiger partial charge in [-0.2, -0.15) is 0 Å². The molecule has 0 radical (unpaired) electrons. The van der Waals surface area contributed by atoms with Gasteiger partial charge in [0.2, 0.25) is 6.04 Å². The van der Waals surface area contributed by atoms with Crippen LogP contribution in [0.15, 0.2) is 0 Å². The van der Waals surface area contributed by atoms with E-state index < -0.39 is 22.9 Å². The highest BCUT2D eigenvalue weighted by Crippen LogP contribution is 2.04. The lowest BCUT2D eigenvalue weighted by Gasteiger charge is -2.06. The van der Waals surface area contributed by atoms with Crippen LogP contribution >= 0.6 is 0 Å². The van der Waals surface area contributed by atoms with Gasteiger partial charge < -0.3 is 5.11 Å². The second-order valence-corrected chi connectivity index (χ2v) is 2.15. The Labute approximate surface area is 57.8 Å². The largest absolute Gasteiger partial charge is 0.481 e. The molecule has 0 saturated heterocycles. The number of aliphatic carboxylic acids is 1. The molecule has 0 aliphatic heterocycles. The Balaban J connectivity index is 4.07. The number of nitrogens with zero attached hydrogens (tertiary/aromatic N) is 1. The van der Waals surface area contributed by atoms with Crippen LogP contribution in [0.1, 0.15) is 13.8 Å². The van der Waals surface area contributed by atoms with Crippen LogP contribution < -0.4 is 0 Å². The lowest BCUT2D eigenvalue weighted by molar-refractivity contribution is -0.524. The predicted molar refractivity (Wildman–Crippen MR) is 33.3 cm³/mol. The van der Waals surface area contributed by atoms with E-state index in [2.05, 4.69) is 0 Å². The summed E-state index contributed by atoms with van der Waals surface area (Å²) in [6.07, 6.45) is 0. The maximum absolute atomic E-state index is 10.1. The molecule has 0 aromatic heterocycles. The molecule has 0 heterocycles. The summed E-state index contributed by atoms with van der Waals surface area (Å²) < 4.78 is 0. The van der Waals surface area contributed by atoms with Crippen LogP contribution in [0.25, 0.3) is 0 Å². The van der Waals surface area contributed by atoms with Crippen molar-refractivity contribution in [2.24, 2.45) is 5.92 Å². The Bertz CT molecular complexity index is 138. The van der Waals surface area contributed by atoms with E-state index >= 15 is 0 Å². The SMILES string of the molecule is CC(C(=O)O)[C@H](C)[N+](=O)[O-]. The second-order valence-electron chi connectivity index (χ2n) is 2.15. The van der Waals surface area contributed by atoms with Gasteiger partial charge in [-0.3, -0.25) is 14.9 Å². The fourth-order valence-corrected chi connectivity index (χ4v) is 0.389. The zero-order chi connectivity index (χ0) is 8.31. The van der Waals surface area contributed by atoms with Crippen molar-refractivity contribution in [3.8, 4) is 0 Å². The van der Waals surface area contributed by atoms with E-state index in [0.717, 1.165) is 0 Å². The van der Waals surface area contributed by atoms with E-state index in [0.29, 0.717) is 0 Å². The first-order valence-corrected chi connectivity index (χ1v) is 2.83. The van der Waals surface area contributed by atoms with Gasteiger partial charge >= 0.3 is 5.97 Å². The lowest BCUT2D eigenvalue weighted by Crippen LogP contribution is -2.29. The topological polar surface area (TPSA) is 80.4 Å². The van der Waals surface area contributed by atoms with Gasteiger partial charge in [-0.25, -0.2) is 0 Å². The Kier molecular flexibility index (Phi) is 2.79. The number of carbonyl (C=O) groups is 1. The zero-order valence-electron chi connectivity index (χ0n) is 5.77. The van der Waals surface area contributed by atoms with Gasteiger partial charge in [0, 0.05) is 11.8 Å². The molecule has 0 bridgehead atoms. The maximum Gasteiger partial charge on any atom is 0.313 e. The zero-order valence-corrected chi connectivity index (χ0v) is 5.77. The standard InChI is InChI=1S/C5H9NO4/c1-3(5(7)8)4(2)6(9)10/h3-4H,1-2H3,(H,7,8)/t3?,4-/m0/s1. The van der Waals surface area contributed by atoms with Crippen molar-refractivity contribution in [1.29, 1.82) is 0 Å². The number of carboxylic acids is 1. The van der Waals surface area contributed by atoms with Crippen LogP contribution in [-0.2, 0) is 4.79 Å². The molecule has 0 aliphatic rings. The average molecular weight is 147 g/mol. The van der Waals surface area contributed by atoms with Crippen LogP contribution in [0.5, 0.6) is 0 Å². The van der Waals surface area contributed by atoms with Gasteiger partial charge in [-0.05, 0) is 6.92 Å². The average Bonchev–Trinajstić information content (AvgIpc) is 1.84. The molecular formula is C5H9NO4. The summed E-state index contributed by atoms with van der Waals surface area (Å²) in [7, 11) is 0. The molecule has 1 N–H and O–H groups in total. The van der Waals surface area contributed by atoms with Crippen molar-refractivity contribution in [2.75, 3.05) is 0 Å². The minimum absolute atomic E-state index is 0.598. The summed E-state index contributed by atoms with van der Waals surface area (Å²) in [5.41, 5.74) is 0. The predicted octanol–water partition coefficient (Wildman–Crippen LogP) is 0.372. The first-order chi connectivity index (χ1) is 4.46. The summed E-state index contributed by atoms with van der Waals surface area (Å²) in [6, 6.07) is -1.02. The molecule has 0 aromatic carbocycles. The number of hydrogen-bond donors (Lipinski definition) is 1. The monoisotopic (exact) mass is 147 g/mol. The third-order valence-corrected chi connectivity index (χ3v) is 1.45. The third-order valence-electron chi connectivity index (χ3n) is 1.45. The fourth-order valence-electron chi connectivity index (χ4n) is 0.389. The van der Waals surface area contributed by atoms with Gasteiger partial charge in [0.15, 0.2) is 0 Å². The number of hydrogen-bond acceptors (Lipinski definition) is 3. The first kappa shape index (κ1) is 8.87. The molecule has 10 heavy (non-hydrogen) atoms. The summed E-state index contributed by atoms with van der Waals surface area (Å²) in [5, 5.41) is 18.3. The van der Waals surface area contributed by atoms with E-state index in [1.54, 1.807) is 0 Å². The molecule has 0 saturated carbocycles. The molecular weight excluding hydrogens is 138 g/mol. The van der Waals surface area contributed by atoms with Crippen molar-refractivity contribution in [2.45, 2.75) is 19.9 Å². The van der Waals surface area contributed by atoms with Crippen molar-refractivity contribution < 1.29 is 14.8 Å². The molecule has 2 atom stereocenters. The number of nitro groups is 1. The highest BCUT2D eigenvalue weighted by atomic mass is 16.6. The summed E-state index contributed by atoms with van der Waals surface area (Å²) in [6.45, 7) is 2.59. The molecule has 1 unspecified atom stereocenters. The minimum Gasteiger partial charge on any atom is -0.481 e. The lowest BCUT2D eigenvalue weighted by atomic mass is 10.1. The Morgan fingerprint density at radius 1 is 1.60 bits per heavy atom. The Hall–Kier alpha value is -1.13. The van der Waals surface area contributed by atoms with Crippen molar-refractivity contribution in [1.82, 2.24) is 0 Å². The molecule has 0 fully saturated rings. The van der Waals surface area contributed by atoms with Crippen molar-refractivity contribution in [3.05, 3.63) is 10.1 Å². The van der Waals surface area contributed by atoms with E-state index in [4.69, 9.17) is 5.11 Å². The number of carboxylic acid groups (broad SMARTS) is 1. The summed E-state index contributed by atoms with van der Waals surface area (Å²) in [4.78, 5) is 19.5. The van der Waals surface area contributed by atoms with E-state index in [9.17, 15) is 14.9 Å².